The largest absolute Gasteiger partial charge is 0.462 e. The minimum Gasteiger partial charge on any atom is -0.462 e. The van der Waals surface area contributed by atoms with E-state index in [2.05, 4.69) is 15.9 Å². The molecule has 0 saturated heterocycles. The van der Waals surface area contributed by atoms with Crippen molar-refractivity contribution in [3.63, 3.8) is 0 Å². The molecule has 0 bridgehead atoms. The second-order valence-corrected chi connectivity index (χ2v) is 3.51. The Hall–Kier alpha value is -1.41. The quantitative estimate of drug-likeness (QED) is 0.634. The summed E-state index contributed by atoms with van der Waals surface area (Å²) in [4.78, 5) is 11.6. The van der Waals surface area contributed by atoms with Gasteiger partial charge in [-0.3, -0.25) is 0 Å². The Labute approximate surface area is 101 Å². The third-order valence-electron chi connectivity index (χ3n) is 1.93. The van der Waals surface area contributed by atoms with Crippen molar-refractivity contribution in [2.75, 3.05) is 6.61 Å². The van der Waals surface area contributed by atoms with E-state index in [1.807, 2.05) is 0 Å². The van der Waals surface area contributed by atoms with Crippen LogP contribution in [-0.2, 0) is 10.1 Å². The highest BCUT2D eigenvalue weighted by molar-refractivity contribution is 9.08. The van der Waals surface area contributed by atoms with Gasteiger partial charge in [-0.15, -0.1) is 0 Å². The molecule has 3 nitrogen and oxygen atoms in total. The molecular weight excluding hydrogens is 277 g/mol. The number of carbonyl (C=O) groups is 1. The molecule has 0 radical (unpaired) electrons. The van der Waals surface area contributed by atoms with Crippen LogP contribution in [0.3, 0.4) is 0 Å². The lowest BCUT2D eigenvalue weighted by Crippen LogP contribution is -2.10. The van der Waals surface area contributed by atoms with Crippen LogP contribution in [0.4, 0.5) is 4.39 Å². The molecule has 0 aromatic heterocycles. The molecule has 0 N–H and O–H groups in total. The average Bonchev–Trinajstić information content (AvgIpc) is 2.27. The van der Waals surface area contributed by atoms with Crippen molar-refractivity contribution in [3.8, 4) is 6.07 Å². The molecule has 0 spiro atoms. The van der Waals surface area contributed by atoms with E-state index in [9.17, 15) is 9.18 Å². The molecule has 5 heteroatoms. The average molecular weight is 286 g/mol. The summed E-state index contributed by atoms with van der Waals surface area (Å²) in [5, 5.41) is 9.13. The van der Waals surface area contributed by atoms with Crippen LogP contribution < -0.4 is 0 Å². The molecule has 0 saturated carbocycles. The van der Waals surface area contributed by atoms with Gasteiger partial charge in [0, 0.05) is 5.33 Å². The van der Waals surface area contributed by atoms with Crippen molar-refractivity contribution in [2.24, 2.45) is 0 Å². The molecule has 16 heavy (non-hydrogen) atoms. The number of ether oxygens (including phenoxy) is 1. The van der Waals surface area contributed by atoms with Gasteiger partial charge in [-0.2, -0.15) is 5.26 Å². The first-order valence-corrected chi connectivity index (χ1v) is 5.71. The molecule has 0 fully saturated rings. The second kappa shape index (κ2) is 5.61. The highest BCUT2D eigenvalue weighted by atomic mass is 79.9. The molecule has 0 aliphatic rings. The van der Waals surface area contributed by atoms with E-state index in [0.29, 0.717) is 5.56 Å². The van der Waals surface area contributed by atoms with E-state index < -0.39 is 11.8 Å². The molecule has 0 unspecified atom stereocenters. The number of rotatable bonds is 3. The van der Waals surface area contributed by atoms with Gasteiger partial charge in [-0.05, 0) is 24.6 Å². The molecule has 0 aliphatic carbocycles. The smallest absolute Gasteiger partial charge is 0.339 e. The van der Waals surface area contributed by atoms with Gasteiger partial charge in [-0.25, -0.2) is 9.18 Å². The van der Waals surface area contributed by atoms with E-state index in [0.717, 1.165) is 6.07 Å². The van der Waals surface area contributed by atoms with Gasteiger partial charge in [0.15, 0.2) is 0 Å². The summed E-state index contributed by atoms with van der Waals surface area (Å²) in [6.07, 6.45) is 0. The van der Waals surface area contributed by atoms with E-state index in [-0.39, 0.29) is 23.1 Å². The molecule has 1 aromatic rings. The number of nitrogens with zero attached hydrogens (tertiary/aromatic N) is 1. The highest BCUT2D eigenvalue weighted by Crippen LogP contribution is 2.20. The van der Waals surface area contributed by atoms with Crippen molar-refractivity contribution >= 4 is 21.9 Å². The predicted molar refractivity (Wildman–Crippen MR) is 59.7 cm³/mol. The summed E-state index contributed by atoms with van der Waals surface area (Å²) in [6.45, 7) is 1.88. The molecule has 1 rings (SSSR count). The SMILES string of the molecule is CCOC(=O)c1c(C#N)cc(F)cc1CBr. The second-order valence-electron chi connectivity index (χ2n) is 2.95. The predicted octanol–water partition coefficient (Wildman–Crippen LogP) is 2.77. The number of benzene rings is 1. The fraction of sp³-hybridized carbons (Fsp3) is 0.273. The fourth-order valence-corrected chi connectivity index (χ4v) is 1.74. The Morgan fingerprint density at radius 3 is 2.81 bits per heavy atom. The summed E-state index contributed by atoms with van der Waals surface area (Å²) in [6, 6.07) is 4.03. The summed E-state index contributed by atoms with van der Waals surface area (Å²) in [7, 11) is 0. The van der Waals surface area contributed by atoms with Gasteiger partial charge < -0.3 is 4.74 Å². The van der Waals surface area contributed by atoms with Gasteiger partial charge in [0.2, 0.25) is 0 Å². The summed E-state index contributed by atoms with van der Waals surface area (Å²) >= 11 is 3.14. The van der Waals surface area contributed by atoms with Gasteiger partial charge in [0.25, 0.3) is 0 Å². The zero-order valence-electron chi connectivity index (χ0n) is 8.59. The standard InChI is InChI=1S/C11H9BrFNO2/c1-2-16-11(15)10-7(5-12)3-9(13)4-8(10)6-14/h3-4H,2,5H2,1H3. The van der Waals surface area contributed by atoms with Crippen LogP contribution in [0.1, 0.15) is 28.4 Å². The number of halogens is 2. The first-order valence-electron chi connectivity index (χ1n) is 4.59. The molecular formula is C11H9BrFNO2. The van der Waals surface area contributed by atoms with Gasteiger partial charge >= 0.3 is 5.97 Å². The summed E-state index contributed by atoms with van der Waals surface area (Å²) < 4.78 is 17.9. The molecule has 0 atom stereocenters. The van der Waals surface area contributed by atoms with Crippen LogP contribution in [0.2, 0.25) is 0 Å². The van der Waals surface area contributed by atoms with Crippen molar-refractivity contribution in [1.82, 2.24) is 0 Å². The van der Waals surface area contributed by atoms with E-state index in [1.165, 1.54) is 6.07 Å². The molecule has 0 heterocycles. The maximum absolute atomic E-state index is 13.1. The van der Waals surface area contributed by atoms with Crippen LogP contribution in [0, 0.1) is 17.1 Å². The third-order valence-corrected chi connectivity index (χ3v) is 2.53. The van der Waals surface area contributed by atoms with Crippen LogP contribution >= 0.6 is 15.9 Å². The Morgan fingerprint density at radius 1 is 1.62 bits per heavy atom. The van der Waals surface area contributed by atoms with Crippen molar-refractivity contribution in [1.29, 1.82) is 5.26 Å². The van der Waals surface area contributed by atoms with Gasteiger partial charge in [0.05, 0.1) is 17.7 Å². The van der Waals surface area contributed by atoms with Gasteiger partial charge in [0.1, 0.15) is 11.9 Å². The van der Waals surface area contributed by atoms with Crippen LogP contribution in [-0.4, -0.2) is 12.6 Å². The maximum Gasteiger partial charge on any atom is 0.339 e. The van der Waals surface area contributed by atoms with Crippen molar-refractivity contribution < 1.29 is 13.9 Å². The number of hydrogen-bond acceptors (Lipinski definition) is 3. The highest BCUT2D eigenvalue weighted by Gasteiger charge is 2.18. The van der Waals surface area contributed by atoms with Crippen LogP contribution in [0.15, 0.2) is 12.1 Å². The topological polar surface area (TPSA) is 50.1 Å². The molecule has 0 amide bonds. The summed E-state index contributed by atoms with van der Waals surface area (Å²) in [5.41, 5.74) is 0.533. The lowest BCUT2D eigenvalue weighted by Gasteiger charge is -2.08. The number of carbonyl (C=O) groups excluding carboxylic acids is 1. The summed E-state index contributed by atoms with van der Waals surface area (Å²) in [5.74, 6) is -1.15. The van der Waals surface area contributed by atoms with Crippen molar-refractivity contribution in [3.05, 3.63) is 34.6 Å². The Morgan fingerprint density at radius 2 is 2.31 bits per heavy atom. The maximum atomic E-state index is 13.1. The zero-order valence-corrected chi connectivity index (χ0v) is 10.2. The lowest BCUT2D eigenvalue weighted by atomic mass is 10.0. The third kappa shape index (κ3) is 2.58. The minimum absolute atomic E-state index is 0.00657. The van der Waals surface area contributed by atoms with Crippen LogP contribution in [0.5, 0.6) is 0 Å². The van der Waals surface area contributed by atoms with Crippen molar-refractivity contribution in [2.45, 2.75) is 12.3 Å². The van der Waals surface area contributed by atoms with E-state index in [4.69, 9.17) is 10.00 Å². The Bertz CT molecular complexity index is 454. The monoisotopic (exact) mass is 285 g/mol. The lowest BCUT2D eigenvalue weighted by molar-refractivity contribution is 0.0525. The zero-order chi connectivity index (χ0) is 12.1. The molecule has 0 aliphatic heterocycles. The van der Waals surface area contributed by atoms with E-state index >= 15 is 0 Å². The first-order chi connectivity index (χ1) is 7.63. The molecule has 1 aromatic carbocycles. The van der Waals surface area contributed by atoms with Crippen LogP contribution in [0.25, 0.3) is 0 Å². The number of hydrogen-bond donors (Lipinski definition) is 0. The Balaban J connectivity index is 3.34. The first kappa shape index (κ1) is 12.7. The fourth-order valence-electron chi connectivity index (χ4n) is 1.30. The Kier molecular flexibility index (Phi) is 4.44. The minimum atomic E-state index is -0.603. The molecule has 84 valence electrons. The van der Waals surface area contributed by atoms with E-state index in [1.54, 1.807) is 13.0 Å². The number of nitriles is 1. The number of esters is 1. The normalized spacial score (nSPS) is 9.62. The number of alkyl halides is 1. The van der Waals surface area contributed by atoms with Gasteiger partial charge in [-0.1, -0.05) is 15.9 Å².